The summed E-state index contributed by atoms with van der Waals surface area (Å²) in [6.07, 6.45) is 0.873. The van der Waals surface area contributed by atoms with Gasteiger partial charge in [-0.3, -0.25) is 0 Å². The van der Waals surface area contributed by atoms with Gasteiger partial charge >= 0.3 is 0 Å². The van der Waals surface area contributed by atoms with Gasteiger partial charge in [-0.2, -0.15) is 0 Å². The summed E-state index contributed by atoms with van der Waals surface area (Å²) in [6, 6.07) is 10.4. The molecule has 0 spiro atoms. The standard InChI is InChI=1S/C12H14N2S/c1-9-12(10-5-3-2-4-6-10)15-11(14-9)7-8-13/h2-6H,7-8,13H2,1H3. The highest BCUT2D eigenvalue weighted by molar-refractivity contribution is 7.15. The highest BCUT2D eigenvalue weighted by Gasteiger charge is 2.08. The molecule has 2 aromatic rings. The van der Waals surface area contributed by atoms with Crippen molar-refractivity contribution in [2.45, 2.75) is 13.3 Å². The molecule has 0 aliphatic carbocycles. The Morgan fingerprint density at radius 1 is 1.27 bits per heavy atom. The normalized spacial score (nSPS) is 10.5. The fourth-order valence-corrected chi connectivity index (χ4v) is 2.63. The van der Waals surface area contributed by atoms with E-state index in [2.05, 4.69) is 36.2 Å². The van der Waals surface area contributed by atoms with Crippen molar-refractivity contribution < 1.29 is 0 Å². The number of hydrogen-bond donors (Lipinski definition) is 1. The van der Waals surface area contributed by atoms with Crippen LogP contribution in [-0.4, -0.2) is 11.5 Å². The summed E-state index contributed by atoms with van der Waals surface area (Å²) in [5, 5.41) is 1.13. The maximum atomic E-state index is 5.53. The van der Waals surface area contributed by atoms with E-state index in [4.69, 9.17) is 5.73 Å². The number of benzene rings is 1. The molecule has 1 aromatic heterocycles. The number of aromatic nitrogens is 1. The summed E-state index contributed by atoms with van der Waals surface area (Å²) in [5.74, 6) is 0. The lowest BCUT2D eigenvalue weighted by molar-refractivity contribution is 0.946. The van der Waals surface area contributed by atoms with Crippen LogP contribution in [0.25, 0.3) is 10.4 Å². The first kappa shape index (κ1) is 10.3. The first-order valence-corrected chi connectivity index (χ1v) is 5.84. The molecular weight excluding hydrogens is 204 g/mol. The third-order valence-electron chi connectivity index (χ3n) is 2.24. The van der Waals surface area contributed by atoms with Crippen molar-refractivity contribution >= 4 is 11.3 Å². The summed E-state index contributed by atoms with van der Waals surface area (Å²) in [5.41, 5.74) is 7.88. The number of rotatable bonds is 3. The Balaban J connectivity index is 2.36. The smallest absolute Gasteiger partial charge is 0.0947 e. The van der Waals surface area contributed by atoms with E-state index in [1.807, 2.05) is 6.07 Å². The van der Waals surface area contributed by atoms with Crippen molar-refractivity contribution in [1.82, 2.24) is 4.98 Å². The number of hydrogen-bond acceptors (Lipinski definition) is 3. The molecule has 1 aromatic carbocycles. The quantitative estimate of drug-likeness (QED) is 0.860. The largest absolute Gasteiger partial charge is 0.330 e. The maximum absolute atomic E-state index is 5.53. The minimum atomic E-state index is 0.668. The van der Waals surface area contributed by atoms with Crippen molar-refractivity contribution in [3.05, 3.63) is 41.0 Å². The molecule has 0 aliphatic rings. The second-order valence-electron chi connectivity index (χ2n) is 3.43. The van der Waals surface area contributed by atoms with Gasteiger partial charge in [0.1, 0.15) is 0 Å². The Bertz CT molecular complexity index is 434. The second kappa shape index (κ2) is 4.55. The van der Waals surface area contributed by atoms with E-state index >= 15 is 0 Å². The molecule has 0 unspecified atom stereocenters. The number of nitrogens with zero attached hydrogens (tertiary/aromatic N) is 1. The molecule has 0 aliphatic heterocycles. The first-order chi connectivity index (χ1) is 7.31. The lowest BCUT2D eigenvalue weighted by atomic mass is 10.2. The van der Waals surface area contributed by atoms with Crippen molar-refractivity contribution in [2.75, 3.05) is 6.54 Å². The zero-order chi connectivity index (χ0) is 10.7. The minimum Gasteiger partial charge on any atom is -0.330 e. The zero-order valence-electron chi connectivity index (χ0n) is 8.73. The van der Waals surface area contributed by atoms with Gasteiger partial charge in [0.25, 0.3) is 0 Å². The summed E-state index contributed by atoms with van der Waals surface area (Å²) < 4.78 is 0. The predicted molar refractivity (Wildman–Crippen MR) is 65.0 cm³/mol. The fourth-order valence-electron chi connectivity index (χ4n) is 1.54. The molecule has 0 saturated carbocycles. The van der Waals surface area contributed by atoms with Crippen LogP contribution in [0.5, 0.6) is 0 Å². The van der Waals surface area contributed by atoms with Crippen LogP contribution >= 0.6 is 11.3 Å². The Labute approximate surface area is 93.8 Å². The van der Waals surface area contributed by atoms with E-state index in [1.54, 1.807) is 11.3 Å². The van der Waals surface area contributed by atoms with E-state index in [0.717, 1.165) is 17.1 Å². The molecule has 78 valence electrons. The van der Waals surface area contributed by atoms with Crippen LogP contribution in [0.1, 0.15) is 10.7 Å². The van der Waals surface area contributed by atoms with Crippen LogP contribution in [0.4, 0.5) is 0 Å². The topological polar surface area (TPSA) is 38.9 Å². The number of aryl methyl sites for hydroxylation is 1. The van der Waals surface area contributed by atoms with Gasteiger partial charge in [-0.25, -0.2) is 4.98 Å². The molecule has 0 amide bonds. The Hall–Kier alpha value is -1.19. The van der Waals surface area contributed by atoms with Gasteiger partial charge in [-0.1, -0.05) is 30.3 Å². The fraction of sp³-hybridized carbons (Fsp3) is 0.250. The Morgan fingerprint density at radius 3 is 2.67 bits per heavy atom. The molecule has 0 radical (unpaired) electrons. The van der Waals surface area contributed by atoms with Gasteiger partial charge in [-0.05, 0) is 19.0 Å². The molecule has 2 N–H and O–H groups in total. The highest BCUT2D eigenvalue weighted by Crippen LogP contribution is 2.29. The third kappa shape index (κ3) is 2.25. The summed E-state index contributed by atoms with van der Waals surface area (Å²) in [7, 11) is 0. The molecule has 3 heteroatoms. The molecule has 15 heavy (non-hydrogen) atoms. The van der Waals surface area contributed by atoms with Gasteiger partial charge in [0.15, 0.2) is 0 Å². The summed E-state index contributed by atoms with van der Waals surface area (Å²) in [6.45, 7) is 2.72. The van der Waals surface area contributed by atoms with Crippen LogP contribution in [0, 0.1) is 6.92 Å². The van der Waals surface area contributed by atoms with E-state index in [1.165, 1.54) is 10.4 Å². The molecule has 1 heterocycles. The highest BCUT2D eigenvalue weighted by atomic mass is 32.1. The first-order valence-electron chi connectivity index (χ1n) is 5.03. The average molecular weight is 218 g/mol. The van der Waals surface area contributed by atoms with Gasteiger partial charge in [0.2, 0.25) is 0 Å². The molecule has 0 bridgehead atoms. The lowest BCUT2D eigenvalue weighted by Crippen LogP contribution is -2.01. The maximum Gasteiger partial charge on any atom is 0.0947 e. The lowest BCUT2D eigenvalue weighted by Gasteiger charge is -1.96. The monoisotopic (exact) mass is 218 g/mol. The van der Waals surface area contributed by atoms with Gasteiger partial charge in [-0.15, -0.1) is 11.3 Å². The molecular formula is C12H14N2S. The number of thiazole rings is 1. The minimum absolute atomic E-state index is 0.668. The van der Waals surface area contributed by atoms with Crippen LogP contribution in [0.3, 0.4) is 0 Å². The molecule has 0 saturated heterocycles. The van der Waals surface area contributed by atoms with Gasteiger partial charge < -0.3 is 5.73 Å². The van der Waals surface area contributed by atoms with Crippen LogP contribution < -0.4 is 5.73 Å². The SMILES string of the molecule is Cc1nc(CCN)sc1-c1ccccc1. The average Bonchev–Trinajstić information content (AvgIpc) is 2.61. The van der Waals surface area contributed by atoms with Crippen molar-refractivity contribution in [3.63, 3.8) is 0 Å². The number of nitrogens with two attached hydrogens (primary N) is 1. The van der Waals surface area contributed by atoms with Crippen LogP contribution in [0.2, 0.25) is 0 Å². The van der Waals surface area contributed by atoms with Gasteiger partial charge in [0, 0.05) is 6.42 Å². The molecule has 0 atom stereocenters. The van der Waals surface area contributed by atoms with Crippen LogP contribution in [0.15, 0.2) is 30.3 Å². The van der Waals surface area contributed by atoms with Crippen molar-refractivity contribution in [1.29, 1.82) is 0 Å². The Morgan fingerprint density at radius 2 is 2.00 bits per heavy atom. The zero-order valence-corrected chi connectivity index (χ0v) is 9.55. The van der Waals surface area contributed by atoms with E-state index in [0.29, 0.717) is 6.54 Å². The summed E-state index contributed by atoms with van der Waals surface area (Å²) in [4.78, 5) is 5.78. The Kier molecular flexibility index (Phi) is 3.14. The third-order valence-corrected chi connectivity index (χ3v) is 3.50. The predicted octanol–water partition coefficient (Wildman–Crippen LogP) is 2.62. The molecule has 0 fully saturated rings. The molecule has 2 rings (SSSR count). The molecule has 2 nitrogen and oxygen atoms in total. The second-order valence-corrected chi connectivity index (χ2v) is 4.51. The van der Waals surface area contributed by atoms with Crippen LogP contribution in [-0.2, 0) is 6.42 Å². The van der Waals surface area contributed by atoms with E-state index in [-0.39, 0.29) is 0 Å². The van der Waals surface area contributed by atoms with E-state index < -0.39 is 0 Å². The van der Waals surface area contributed by atoms with E-state index in [9.17, 15) is 0 Å². The van der Waals surface area contributed by atoms with Crippen molar-refractivity contribution in [2.24, 2.45) is 5.73 Å². The van der Waals surface area contributed by atoms with Gasteiger partial charge in [0.05, 0.1) is 15.6 Å². The summed E-state index contributed by atoms with van der Waals surface area (Å²) >= 11 is 1.75. The van der Waals surface area contributed by atoms with Crippen molar-refractivity contribution in [3.8, 4) is 10.4 Å².